The van der Waals surface area contributed by atoms with Crippen LogP contribution in [0.2, 0.25) is 0 Å². The van der Waals surface area contributed by atoms with Crippen molar-refractivity contribution in [3.05, 3.63) is 35.1 Å². The van der Waals surface area contributed by atoms with Crippen LogP contribution in [0.15, 0.2) is 12.1 Å². The van der Waals surface area contributed by atoms with E-state index in [4.69, 9.17) is 0 Å². The number of hydrogen-bond acceptors (Lipinski definition) is 2. The van der Waals surface area contributed by atoms with Gasteiger partial charge in [-0.3, -0.25) is 4.90 Å². The molecule has 0 bridgehead atoms. The summed E-state index contributed by atoms with van der Waals surface area (Å²) in [7, 11) is 0. The van der Waals surface area contributed by atoms with Gasteiger partial charge in [-0.2, -0.15) is 0 Å². The summed E-state index contributed by atoms with van der Waals surface area (Å²) in [5.41, 5.74) is 0.376. The summed E-state index contributed by atoms with van der Waals surface area (Å²) >= 11 is 0. The molecule has 0 unspecified atom stereocenters. The summed E-state index contributed by atoms with van der Waals surface area (Å²) in [4.78, 5) is 2.13. The molecular weight excluding hydrogens is 241 g/mol. The quantitative estimate of drug-likeness (QED) is 0.819. The van der Waals surface area contributed by atoms with Gasteiger partial charge in [0.15, 0.2) is 17.5 Å². The van der Waals surface area contributed by atoms with Gasteiger partial charge in [0.25, 0.3) is 0 Å². The van der Waals surface area contributed by atoms with Gasteiger partial charge in [0.2, 0.25) is 0 Å². The molecule has 0 saturated carbocycles. The van der Waals surface area contributed by atoms with E-state index in [9.17, 15) is 13.2 Å². The van der Waals surface area contributed by atoms with Crippen molar-refractivity contribution in [2.75, 3.05) is 19.6 Å². The maximum atomic E-state index is 13.1. The number of halogens is 3. The molecule has 5 heteroatoms. The second kappa shape index (κ2) is 4.90. The smallest absolute Gasteiger partial charge is 0.194 e. The molecule has 0 aliphatic carbocycles. The highest BCUT2D eigenvalue weighted by Crippen LogP contribution is 2.21. The Bertz CT molecular complexity index is 423. The van der Waals surface area contributed by atoms with Crippen molar-refractivity contribution < 1.29 is 13.2 Å². The van der Waals surface area contributed by atoms with Crippen LogP contribution in [0.5, 0.6) is 0 Å². The minimum Gasteiger partial charge on any atom is -0.314 e. The van der Waals surface area contributed by atoms with E-state index >= 15 is 0 Å². The largest absolute Gasteiger partial charge is 0.314 e. The molecule has 1 aromatic carbocycles. The van der Waals surface area contributed by atoms with Crippen LogP contribution in [0.1, 0.15) is 19.4 Å². The van der Waals surface area contributed by atoms with Crippen molar-refractivity contribution >= 4 is 0 Å². The molecular formula is C13H17F3N2. The lowest BCUT2D eigenvalue weighted by molar-refractivity contribution is 0.0825. The first-order valence-corrected chi connectivity index (χ1v) is 5.99. The number of nitrogens with zero attached hydrogens (tertiary/aromatic N) is 1. The third kappa shape index (κ3) is 2.67. The summed E-state index contributed by atoms with van der Waals surface area (Å²) in [6, 6.07) is 2.13. The first-order valence-electron chi connectivity index (χ1n) is 5.99. The van der Waals surface area contributed by atoms with E-state index in [-0.39, 0.29) is 5.54 Å². The Morgan fingerprint density at radius 1 is 1.22 bits per heavy atom. The first kappa shape index (κ1) is 13.4. The third-order valence-corrected chi connectivity index (χ3v) is 3.39. The molecule has 0 aromatic heterocycles. The van der Waals surface area contributed by atoms with Gasteiger partial charge < -0.3 is 5.32 Å². The number of piperazine rings is 1. The fraction of sp³-hybridized carbons (Fsp3) is 0.538. The molecule has 1 saturated heterocycles. The van der Waals surface area contributed by atoms with Crippen LogP contribution in [0.3, 0.4) is 0 Å². The van der Waals surface area contributed by atoms with Gasteiger partial charge in [0, 0.05) is 31.7 Å². The van der Waals surface area contributed by atoms with Crippen LogP contribution >= 0.6 is 0 Å². The fourth-order valence-corrected chi connectivity index (χ4v) is 2.24. The minimum absolute atomic E-state index is 0.0837. The Morgan fingerprint density at radius 3 is 2.39 bits per heavy atom. The minimum atomic E-state index is -1.40. The molecule has 18 heavy (non-hydrogen) atoms. The second-order valence-electron chi connectivity index (χ2n) is 5.28. The normalized spacial score (nSPS) is 20.1. The van der Waals surface area contributed by atoms with Gasteiger partial charge in [0.1, 0.15) is 0 Å². The molecule has 1 aromatic rings. The second-order valence-corrected chi connectivity index (χ2v) is 5.28. The molecule has 2 nitrogen and oxygen atoms in total. The predicted molar refractivity (Wildman–Crippen MR) is 63.7 cm³/mol. The summed E-state index contributed by atoms with van der Waals surface area (Å²) in [6.07, 6.45) is 0. The number of rotatable bonds is 2. The van der Waals surface area contributed by atoms with Gasteiger partial charge in [0.05, 0.1) is 0 Å². The van der Waals surface area contributed by atoms with Crippen molar-refractivity contribution in [3.63, 3.8) is 0 Å². The van der Waals surface area contributed by atoms with Crippen LogP contribution in [0.25, 0.3) is 0 Å². The zero-order chi connectivity index (χ0) is 13.3. The monoisotopic (exact) mass is 258 g/mol. The molecule has 100 valence electrons. The molecule has 1 N–H and O–H groups in total. The summed E-state index contributed by atoms with van der Waals surface area (Å²) in [5, 5.41) is 3.27. The predicted octanol–water partition coefficient (Wildman–Crippen LogP) is 2.29. The molecule has 1 aliphatic heterocycles. The molecule has 1 heterocycles. The Kier molecular flexibility index (Phi) is 3.64. The fourth-order valence-electron chi connectivity index (χ4n) is 2.24. The Morgan fingerprint density at radius 2 is 1.83 bits per heavy atom. The van der Waals surface area contributed by atoms with Crippen LogP contribution in [0, 0.1) is 17.5 Å². The topological polar surface area (TPSA) is 15.3 Å². The lowest BCUT2D eigenvalue weighted by atomic mass is 9.99. The summed E-state index contributed by atoms with van der Waals surface area (Å²) < 4.78 is 39.1. The van der Waals surface area contributed by atoms with E-state index in [1.54, 1.807) is 0 Å². The number of nitrogens with one attached hydrogen (secondary N) is 1. The Balaban J connectivity index is 2.18. The molecule has 1 fully saturated rings. The van der Waals surface area contributed by atoms with E-state index in [0.717, 1.165) is 31.8 Å². The Labute approximate surface area is 105 Å². The zero-order valence-electron chi connectivity index (χ0n) is 10.6. The van der Waals surface area contributed by atoms with E-state index < -0.39 is 17.5 Å². The van der Waals surface area contributed by atoms with Gasteiger partial charge in [-0.15, -0.1) is 0 Å². The van der Waals surface area contributed by atoms with Crippen LogP contribution < -0.4 is 5.32 Å². The Hall–Kier alpha value is -1.07. The van der Waals surface area contributed by atoms with E-state index in [1.807, 2.05) is 0 Å². The van der Waals surface area contributed by atoms with Crippen molar-refractivity contribution in [3.8, 4) is 0 Å². The highest BCUT2D eigenvalue weighted by Gasteiger charge is 2.29. The standard InChI is InChI=1S/C13H17F3N2/c1-13(2)8-17-3-4-18(13)7-9-5-10(14)12(16)11(15)6-9/h5-6,17H,3-4,7-8H2,1-2H3. The lowest BCUT2D eigenvalue weighted by Gasteiger charge is -2.42. The average Bonchev–Trinajstić information content (AvgIpc) is 2.28. The highest BCUT2D eigenvalue weighted by molar-refractivity contribution is 5.19. The van der Waals surface area contributed by atoms with Gasteiger partial charge in [-0.05, 0) is 31.5 Å². The van der Waals surface area contributed by atoms with E-state index in [0.29, 0.717) is 12.1 Å². The van der Waals surface area contributed by atoms with E-state index in [1.165, 1.54) is 0 Å². The zero-order valence-corrected chi connectivity index (χ0v) is 10.6. The lowest BCUT2D eigenvalue weighted by Crippen LogP contribution is -2.57. The van der Waals surface area contributed by atoms with Crippen LogP contribution in [-0.2, 0) is 6.54 Å². The SMILES string of the molecule is CC1(C)CNCCN1Cc1cc(F)c(F)c(F)c1. The van der Waals surface area contributed by atoms with E-state index in [2.05, 4.69) is 24.1 Å². The molecule has 0 radical (unpaired) electrons. The molecule has 1 aliphatic rings. The van der Waals surface area contributed by atoms with Gasteiger partial charge in [-0.25, -0.2) is 13.2 Å². The summed E-state index contributed by atoms with van der Waals surface area (Å²) in [5.74, 6) is -3.66. The van der Waals surface area contributed by atoms with Crippen molar-refractivity contribution in [2.45, 2.75) is 25.9 Å². The summed E-state index contributed by atoms with van der Waals surface area (Å²) in [6.45, 7) is 7.01. The van der Waals surface area contributed by atoms with Crippen molar-refractivity contribution in [2.24, 2.45) is 0 Å². The molecule has 0 spiro atoms. The van der Waals surface area contributed by atoms with Crippen LogP contribution in [0.4, 0.5) is 13.2 Å². The van der Waals surface area contributed by atoms with Crippen molar-refractivity contribution in [1.82, 2.24) is 10.2 Å². The maximum absolute atomic E-state index is 13.1. The number of hydrogen-bond donors (Lipinski definition) is 1. The first-order chi connectivity index (χ1) is 8.40. The maximum Gasteiger partial charge on any atom is 0.194 e. The van der Waals surface area contributed by atoms with Crippen molar-refractivity contribution in [1.29, 1.82) is 0 Å². The highest BCUT2D eigenvalue weighted by atomic mass is 19.2. The molecule has 2 rings (SSSR count). The van der Waals surface area contributed by atoms with Crippen LogP contribution in [-0.4, -0.2) is 30.1 Å². The third-order valence-electron chi connectivity index (χ3n) is 3.39. The molecule has 0 atom stereocenters. The molecule has 0 amide bonds. The van der Waals surface area contributed by atoms with Gasteiger partial charge in [-0.1, -0.05) is 0 Å². The van der Waals surface area contributed by atoms with Gasteiger partial charge >= 0.3 is 0 Å². The average molecular weight is 258 g/mol. The number of benzene rings is 1.